The van der Waals surface area contributed by atoms with Gasteiger partial charge in [-0.3, -0.25) is 9.89 Å². The van der Waals surface area contributed by atoms with Crippen LogP contribution < -0.4 is 5.32 Å². The van der Waals surface area contributed by atoms with Gasteiger partial charge in [-0.1, -0.05) is 24.3 Å². The van der Waals surface area contributed by atoms with E-state index in [4.69, 9.17) is 0 Å². The number of carbonyl (C=O) groups is 1. The zero-order valence-electron chi connectivity index (χ0n) is 10.7. The number of hydrogen-bond donors (Lipinski definition) is 2. The van der Waals surface area contributed by atoms with Crippen LogP contribution in [-0.4, -0.2) is 24.9 Å². The maximum Gasteiger partial charge on any atom is 0.276 e. The molecule has 2 N–H and O–H groups in total. The lowest BCUT2D eigenvalue weighted by atomic mass is 10.2. The van der Waals surface area contributed by atoms with E-state index in [1.54, 1.807) is 6.07 Å². The number of fused-ring (bicyclic) bond motifs is 2. The number of carbonyl (C=O) groups excluding carboxylic acids is 1. The summed E-state index contributed by atoms with van der Waals surface area (Å²) < 4.78 is 8.36. The van der Waals surface area contributed by atoms with Gasteiger partial charge in [0, 0.05) is 5.39 Å². The van der Waals surface area contributed by atoms with Gasteiger partial charge in [-0.05, 0) is 18.2 Å². The minimum atomic E-state index is -0.270. The molecular weight excluding hydrogens is 286 g/mol. The quantitative estimate of drug-likeness (QED) is 0.595. The van der Waals surface area contributed by atoms with Gasteiger partial charge in [0.1, 0.15) is 11.0 Å². The maximum absolute atomic E-state index is 12.4. The number of nitrogens with zero attached hydrogens (tertiary/aromatic N) is 3. The molecule has 0 unspecified atom stereocenters. The van der Waals surface area contributed by atoms with Crippen molar-refractivity contribution in [3.63, 3.8) is 0 Å². The fourth-order valence-electron chi connectivity index (χ4n) is 2.23. The van der Waals surface area contributed by atoms with Crippen molar-refractivity contribution < 1.29 is 4.79 Å². The van der Waals surface area contributed by atoms with Gasteiger partial charge in [0.2, 0.25) is 0 Å². The number of nitrogens with one attached hydrogen (secondary N) is 2. The highest BCUT2D eigenvalue weighted by Gasteiger charge is 2.15. The lowest BCUT2D eigenvalue weighted by Crippen LogP contribution is -2.13. The molecule has 21 heavy (non-hydrogen) atoms. The monoisotopic (exact) mass is 295 g/mol. The predicted molar refractivity (Wildman–Crippen MR) is 81.5 cm³/mol. The molecule has 6 nitrogen and oxygen atoms in total. The lowest BCUT2D eigenvalue weighted by Gasteiger charge is -2.03. The fourth-order valence-corrected chi connectivity index (χ4v) is 2.77. The predicted octanol–water partition coefficient (Wildman–Crippen LogP) is 2.82. The van der Waals surface area contributed by atoms with Crippen LogP contribution in [0.2, 0.25) is 0 Å². The molecule has 102 valence electrons. The van der Waals surface area contributed by atoms with Crippen LogP contribution in [-0.2, 0) is 0 Å². The van der Waals surface area contributed by atoms with Crippen molar-refractivity contribution >= 4 is 45.3 Å². The van der Waals surface area contributed by atoms with Crippen molar-refractivity contribution in [2.45, 2.75) is 0 Å². The smallest absolute Gasteiger partial charge is 0.276 e. The molecule has 2 heterocycles. The summed E-state index contributed by atoms with van der Waals surface area (Å²) in [4.78, 5) is 12.4. The topological polar surface area (TPSA) is 83.6 Å². The highest BCUT2D eigenvalue weighted by Crippen LogP contribution is 2.23. The second kappa shape index (κ2) is 4.64. The van der Waals surface area contributed by atoms with Crippen LogP contribution in [0.1, 0.15) is 10.5 Å². The molecule has 0 atom stereocenters. The summed E-state index contributed by atoms with van der Waals surface area (Å²) in [5, 5.41) is 10.6. The van der Waals surface area contributed by atoms with E-state index in [-0.39, 0.29) is 5.91 Å². The first-order valence-corrected chi connectivity index (χ1v) is 7.02. The van der Waals surface area contributed by atoms with Crippen LogP contribution in [0, 0.1) is 0 Å². The number of benzene rings is 2. The van der Waals surface area contributed by atoms with Crippen LogP contribution in [0.25, 0.3) is 21.9 Å². The van der Waals surface area contributed by atoms with Gasteiger partial charge in [0.05, 0.1) is 22.9 Å². The van der Waals surface area contributed by atoms with Gasteiger partial charge in [-0.25, -0.2) is 0 Å². The standard InChI is InChI=1S/C14H9N5OS/c20-14(12-8-4-1-2-5-9(8)16-17-12)15-10-6-3-7-11-13(10)19-21-18-11/h1-7H,(H,15,20)(H,16,17). The molecule has 0 spiro atoms. The average molecular weight is 295 g/mol. The molecule has 0 fully saturated rings. The third-order valence-electron chi connectivity index (χ3n) is 3.22. The summed E-state index contributed by atoms with van der Waals surface area (Å²) in [6.07, 6.45) is 0. The Kier molecular flexibility index (Phi) is 2.65. The summed E-state index contributed by atoms with van der Waals surface area (Å²) in [5.41, 5.74) is 3.29. The number of anilines is 1. The molecule has 7 heteroatoms. The van der Waals surface area contributed by atoms with Gasteiger partial charge in [0.15, 0.2) is 5.69 Å². The number of aromatic nitrogens is 4. The van der Waals surface area contributed by atoms with E-state index in [1.807, 2.05) is 36.4 Å². The highest BCUT2D eigenvalue weighted by atomic mass is 32.1. The summed E-state index contributed by atoms with van der Waals surface area (Å²) in [7, 11) is 0. The largest absolute Gasteiger partial charge is 0.319 e. The normalized spacial score (nSPS) is 11.0. The van der Waals surface area contributed by atoms with Crippen LogP contribution in [0.3, 0.4) is 0 Å². The minimum Gasteiger partial charge on any atom is -0.319 e. The molecule has 4 rings (SSSR count). The van der Waals surface area contributed by atoms with Crippen molar-refractivity contribution in [3.05, 3.63) is 48.2 Å². The van der Waals surface area contributed by atoms with E-state index < -0.39 is 0 Å². The number of hydrogen-bond acceptors (Lipinski definition) is 5. The zero-order valence-corrected chi connectivity index (χ0v) is 11.5. The Morgan fingerprint density at radius 3 is 2.95 bits per heavy atom. The molecule has 0 aliphatic heterocycles. The summed E-state index contributed by atoms with van der Waals surface area (Å²) in [6.45, 7) is 0. The van der Waals surface area contributed by atoms with Crippen molar-refractivity contribution in [2.75, 3.05) is 5.32 Å². The summed E-state index contributed by atoms with van der Waals surface area (Å²) in [5.74, 6) is -0.270. The minimum absolute atomic E-state index is 0.270. The van der Waals surface area contributed by atoms with E-state index in [0.717, 1.165) is 28.1 Å². The molecular formula is C14H9N5OS. The van der Waals surface area contributed by atoms with Gasteiger partial charge >= 0.3 is 0 Å². The maximum atomic E-state index is 12.4. The Hall–Kier alpha value is -2.80. The number of amides is 1. The Balaban J connectivity index is 1.74. The van der Waals surface area contributed by atoms with Crippen molar-refractivity contribution in [2.24, 2.45) is 0 Å². The van der Waals surface area contributed by atoms with Crippen molar-refractivity contribution in [3.8, 4) is 0 Å². The van der Waals surface area contributed by atoms with E-state index in [2.05, 4.69) is 24.3 Å². The Labute approximate surface area is 123 Å². The zero-order chi connectivity index (χ0) is 14.2. The van der Waals surface area contributed by atoms with E-state index in [1.165, 1.54) is 0 Å². The van der Waals surface area contributed by atoms with E-state index >= 15 is 0 Å². The Bertz CT molecular complexity index is 958. The lowest BCUT2D eigenvalue weighted by molar-refractivity contribution is 0.102. The molecule has 0 saturated heterocycles. The third kappa shape index (κ3) is 1.95. The first-order valence-electron chi connectivity index (χ1n) is 6.29. The van der Waals surface area contributed by atoms with Crippen LogP contribution in [0.15, 0.2) is 42.5 Å². The highest BCUT2D eigenvalue weighted by molar-refractivity contribution is 7.00. The number of aromatic amines is 1. The molecule has 0 bridgehead atoms. The molecule has 4 aromatic rings. The molecule has 0 aliphatic rings. The molecule has 0 saturated carbocycles. The van der Waals surface area contributed by atoms with Crippen molar-refractivity contribution in [1.29, 1.82) is 0 Å². The number of rotatable bonds is 2. The molecule has 0 aliphatic carbocycles. The third-order valence-corrected chi connectivity index (χ3v) is 3.76. The first-order chi connectivity index (χ1) is 10.3. The van der Waals surface area contributed by atoms with Crippen LogP contribution >= 0.6 is 11.7 Å². The number of H-pyrrole nitrogens is 1. The SMILES string of the molecule is O=C(Nc1cccc2nsnc12)c1n[nH]c2ccccc12. The second-order valence-corrected chi connectivity index (χ2v) is 5.04. The average Bonchev–Trinajstić information content (AvgIpc) is 3.14. The molecule has 2 aromatic heterocycles. The molecule has 0 radical (unpaired) electrons. The fraction of sp³-hybridized carbons (Fsp3) is 0. The second-order valence-electron chi connectivity index (χ2n) is 4.51. The first kappa shape index (κ1) is 12.0. The Morgan fingerprint density at radius 1 is 1.10 bits per heavy atom. The molecule has 1 amide bonds. The van der Waals surface area contributed by atoms with Crippen molar-refractivity contribution in [1.82, 2.24) is 18.9 Å². The van der Waals surface area contributed by atoms with Gasteiger partial charge in [-0.2, -0.15) is 13.8 Å². The van der Waals surface area contributed by atoms with E-state index in [0.29, 0.717) is 16.9 Å². The van der Waals surface area contributed by atoms with Crippen LogP contribution in [0.5, 0.6) is 0 Å². The number of para-hydroxylation sites is 1. The Morgan fingerprint density at radius 2 is 2.00 bits per heavy atom. The van der Waals surface area contributed by atoms with Gasteiger partial charge in [0.25, 0.3) is 5.91 Å². The van der Waals surface area contributed by atoms with Gasteiger partial charge < -0.3 is 5.32 Å². The molecule has 2 aromatic carbocycles. The van der Waals surface area contributed by atoms with E-state index in [9.17, 15) is 4.79 Å². The summed E-state index contributed by atoms with van der Waals surface area (Å²) >= 11 is 1.12. The van der Waals surface area contributed by atoms with Crippen LogP contribution in [0.4, 0.5) is 5.69 Å². The van der Waals surface area contributed by atoms with Gasteiger partial charge in [-0.15, -0.1) is 0 Å². The summed E-state index contributed by atoms with van der Waals surface area (Å²) in [6, 6.07) is 13.0.